The summed E-state index contributed by atoms with van der Waals surface area (Å²) in [5.74, 6) is 0. The molecule has 1 aliphatic rings. The standard InChI is InChI=1S/C61H43N/c1-61(2)57-24-12-11-22-54(57)55-35-34-49(39-58(55)61)62(48-32-30-42(31-33-48)56-38-45-18-7-8-19-50(45)52-20-9-10-21-53(52)56)59-25-13-23-51(46-28-26-40-14-3-5-16-43(40)36-46)60(59)47-29-27-41-15-4-6-17-44(41)37-47/h3-39H,1-2H3. The normalized spacial score (nSPS) is 12.8. The smallest absolute Gasteiger partial charge is 0.0546 e. The summed E-state index contributed by atoms with van der Waals surface area (Å²) in [7, 11) is 0. The van der Waals surface area contributed by atoms with Crippen molar-refractivity contribution in [3.8, 4) is 44.5 Å². The molecule has 0 atom stereocenters. The van der Waals surface area contributed by atoms with Gasteiger partial charge in [-0.1, -0.05) is 190 Å². The molecule has 0 spiro atoms. The highest BCUT2D eigenvalue weighted by Crippen LogP contribution is 2.52. The Hall–Kier alpha value is -7.74. The van der Waals surface area contributed by atoms with Crippen molar-refractivity contribution in [2.75, 3.05) is 4.90 Å². The third-order valence-corrected chi connectivity index (χ3v) is 13.4. The fourth-order valence-electron chi connectivity index (χ4n) is 10.3. The number of anilines is 3. The van der Waals surface area contributed by atoms with E-state index >= 15 is 0 Å². The molecule has 1 nitrogen and oxygen atoms in total. The average Bonchev–Trinajstić information content (AvgIpc) is 3.56. The topological polar surface area (TPSA) is 3.24 Å². The number of benzene rings is 11. The molecule has 0 fully saturated rings. The zero-order chi connectivity index (χ0) is 41.4. The molecule has 0 saturated heterocycles. The molecule has 62 heavy (non-hydrogen) atoms. The van der Waals surface area contributed by atoms with Gasteiger partial charge in [-0.15, -0.1) is 0 Å². The second-order valence-electron chi connectivity index (χ2n) is 17.3. The van der Waals surface area contributed by atoms with Gasteiger partial charge in [-0.2, -0.15) is 0 Å². The fraction of sp³-hybridized carbons (Fsp3) is 0.0492. The Morgan fingerprint density at radius 1 is 0.306 bits per heavy atom. The quantitative estimate of drug-likeness (QED) is 0.152. The Labute approximate surface area is 362 Å². The molecule has 292 valence electrons. The van der Waals surface area contributed by atoms with E-state index in [1.165, 1.54) is 98.7 Å². The summed E-state index contributed by atoms with van der Waals surface area (Å²) in [6.45, 7) is 4.74. The largest absolute Gasteiger partial charge is 0.310 e. The zero-order valence-electron chi connectivity index (χ0n) is 34.8. The van der Waals surface area contributed by atoms with Gasteiger partial charge in [0.15, 0.2) is 0 Å². The van der Waals surface area contributed by atoms with Crippen LogP contribution in [0, 0.1) is 0 Å². The molecule has 0 aromatic heterocycles. The molecule has 0 saturated carbocycles. The van der Waals surface area contributed by atoms with Crippen LogP contribution in [0.3, 0.4) is 0 Å². The Kier molecular flexibility index (Phi) is 8.27. The number of fused-ring (bicyclic) bond motifs is 8. The van der Waals surface area contributed by atoms with E-state index in [2.05, 4.69) is 243 Å². The lowest BCUT2D eigenvalue weighted by atomic mass is 9.82. The highest BCUT2D eigenvalue weighted by molar-refractivity contribution is 6.14. The molecule has 0 N–H and O–H groups in total. The van der Waals surface area contributed by atoms with Crippen LogP contribution in [0.5, 0.6) is 0 Å². The molecule has 0 unspecified atom stereocenters. The lowest BCUT2D eigenvalue weighted by Crippen LogP contribution is -2.17. The van der Waals surface area contributed by atoms with E-state index in [-0.39, 0.29) is 5.41 Å². The van der Waals surface area contributed by atoms with Crippen molar-refractivity contribution in [3.05, 3.63) is 236 Å². The van der Waals surface area contributed by atoms with Crippen molar-refractivity contribution in [1.82, 2.24) is 0 Å². The molecule has 11 aromatic rings. The molecule has 0 amide bonds. The monoisotopic (exact) mass is 789 g/mol. The van der Waals surface area contributed by atoms with Gasteiger partial charge in [0.05, 0.1) is 5.69 Å². The summed E-state index contributed by atoms with van der Waals surface area (Å²) >= 11 is 0. The predicted octanol–water partition coefficient (Wildman–Crippen LogP) is 17.1. The van der Waals surface area contributed by atoms with Gasteiger partial charge in [-0.05, 0) is 142 Å². The van der Waals surface area contributed by atoms with Crippen LogP contribution in [0.2, 0.25) is 0 Å². The number of hydrogen-bond donors (Lipinski definition) is 0. The van der Waals surface area contributed by atoms with Crippen LogP contribution in [0.4, 0.5) is 17.1 Å². The third-order valence-electron chi connectivity index (χ3n) is 13.4. The first-order valence-electron chi connectivity index (χ1n) is 21.7. The number of hydrogen-bond acceptors (Lipinski definition) is 1. The minimum Gasteiger partial charge on any atom is -0.310 e. The first-order chi connectivity index (χ1) is 30.5. The molecule has 1 heteroatoms. The Balaban J connectivity index is 1.10. The van der Waals surface area contributed by atoms with Gasteiger partial charge >= 0.3 is 0 Å². The molecule has 0 bridgehead atoms. The maximum Gasteiger partial charge on any atom is 0.0546 e. The maximum atomic E-state index is 2.50. The zero-order valence-corrected chi connectivity index (χ0v) is 34.8. The average molecular weight is 790 g/mol. The minimum atomic E-state index is -0.150. The van der Waals surface area contributed by atoms with Crippen molar-refractivity contribution in [1.29, 1.82) is 0 Å². The molecule has 0 aliphatic heterocycles. The second-order valence-corrected chi connectivity index (χ2v) is 17.3. The summed E-state index contributed by atoms with van der Waals surface area (Å²) in [5.41, 5.74) is 15.8. The molecular formula is C61H43N. The van der Waals surface area contributed by atoms with E-state index in [9.17, 15) is 0 Å². The third kappa shape index (κ3) is 5.77. The first kappa shape index (κ1) is 36.1. The van der Waals surface area contributed by atoms with Crippen LogP contribution in [-0.2, 0) is 5.41 Å². The molecule has 12 rings (SSSR count). The van der Waals surface area contributed by atoms with Crippen LogP contribution in [0.15, 0.2) is 224 Å². The minimum absolute atomic E-state index is 0.150. The van der Waals surface area contributed by atoms with Gasteiger partial charge in [-0.3, -0.25) is 0 Å². The summed E-state index contributed by atoms with van der Waals surface area (Å²) in [6, 6.07) is 83.2. The number of nitrogens with zero attached hydrogens (tertiary/aromatic N) is 1. The van der Waals surface area contributed by atoms with Crippen LogP contribution in [-0.4, -0.2) is 0 Å². The van der Waals surface area contributed by atoms with Crippen LogP contribution >= 0.6 is 0 Å². The van der Waals surface area contributed by atoms with Crippen LogP contribution in [0.1, 0.15) is 25.0 Å². The van der Waals surface area contributed by atoms with E-state index in [1.54, 1.807) is 0 Å². The summed E-state index contributed by atoms with van der Waals surface area (Å²) in [5, 5.41) is 9.99. The maximum absolute atomic E-state index is 2.50. The van der Waals surface area contributed by atoms with Crippen molar-refractivity contribution >= 4 is 60.2 Å². The number of rotatable bonds is 6. The van der Waals surface area contributed by atoms with Crippen LogP contribution < -0.4 is 4.90 Å². The van der Waals surface area contributed by atoms with Crippen molar-refractivity contribution in [2.45, 2.75) is 19.3 Å². The molecule has 0 heterocycles. The predicted molar refractivity (Wildman–Crippen MR) is 265 cm³/mol. The Bertz CT molecular complexity index is 3550. The van der Waals surface area contributed by atoms with Gasteiger partial charge in [-0.25, -0.2) is 0 Å². The molecule has 0 radical (unpaired) electrons. The van der Waals surface area contributed by atoms with Crippen molar-refractivity contribution < 1.29 is 0 Å². The van der Waals surface area contributed by atoms with E-state index in [0.717, 1.165) is 17.1 Å². The molecular weight excluding hydrogens is 747 g/mol. The van der Waals surface area contributed by atoms with Gasteiger partial charge < -0.3 is 4.90 Å². The second kappa shape index (κ2) is 14.2. The lowest BCUT2D eigenvalue weighted by molar-refractivity contribution is 0.660. The van der Waals surface area contributed by atoms with Gasteiger partial charge in [0.2, 0.25) is 0 Å². The summed E-state index contributed by atoms with van der Waals surface area (Å²) < 4.78 is 0. The molecule has 11 aromatic carbocycles. The SMILES string of the molecule is CC1(C)c2ccccc2-c2ccc(N(c3ccc(-c4cc5ccccc5c5ccccc45)cc3)c3cccc(-c4ccc5ccccc5c4)c3-c3ccc4ccccc4c3)cc21. The van der Waals surface area contributed by atoms with E-state index in [4.69, 9.17) is 0 Å². The van der Waals surface area contributed by atoms with Gasteiger partial charge in [0, 0.05) is 22.4 Å². The first-order valence-corrected chi connectivity index (χ1v) is 21.7. The van der Waals surface area contributed by atoms with E-state index < -0.39 is 0 Å². The van der Waals surface area contributed by atoms with Crippen molar-refractivity contribution in [2.24, 2.45) is 0 Å². The lowest BCUT2D eigenvalue weighted by Gasteiger charge is -2.31. The van der Waals surface area contributed by atoms with Crippen LogP contribution in [0.25, 0.3) is 87.6 Å². The van der Waals surface area contributed by atoms with Gasteiger partial charge in [0.1, 0.15) is 0 Å². The van der Waals surface area contributed by atoms with Gasteiger partial charge in [0.25, 0.3) is 0 Å². The highest BCUT2D eigenvalue weighted by Gasteiger charge is 2.36. The summed E-state index contributed by atoms with van der Waals surface area (Å²) in [4.78, 5) is 2.50. The highest BCUT2D eigenvalue weighted by atomic mass is 15.1. The van der Waals surface area contributed by atoms with Crippen molar-refractivity contribution in [3.63, 3.8) is 0 Å². The fourth-order valence-corrected chi connectivity index (χ4v) is 10.3. The van der Waals surface area contributed by atoms with E-state index in [0.29, 0.717) is 0 Å². The molecule has 1 aliphatic carbocycles. The summed E-state index contributed by atoms with van der Waals surface area (Å²) in [6.07, 6.45) is 0. The Morgan fingerprint density at radius 3 is 1.61 bits per heavy atom. The van der Waals surface area contributed by atoms with E-state index in [1.807, 2.05) is 0 Å². The Morgan fingerprint density at radius 2 is 0.855 bits per heavy atom.